The Bertz CT molecular complexity index is 1310. The summed E-state index contributed by atoms with van der Waals surface area (Å²) in [6.07, 6.45) is -0.179. The van der Waals surface area contributed by atoms with Crippen LogP contribution in [0, 0.1) is 17.7 Å². The van der Waals surface area contributed by atoms with Gasteiger partial charge in [0.15, 0.2) is 23.0 Å². The first-order valence-electron chi connectivity index (χ1n) is 10.8. The number of amides is 2. The number of ketones is 2. The quantitative estimate of drug-likeness (QED) is 0.172. The fourth-order valence-corrected chi connectivity index (χ4v) is 5.70. The van der Waals surface area contributed by atoms with E-state index in [0.29, 0.717) is 0 Å². The number of nitrogens with two attached hydrogens (primary N) is 1. The smallest absolute Gasteiger partial charge is 0.255 e. The third kappa shape index (κ3) is 3.44. The first-order chi connectivity index (χ1) is 16.8. The van der Waals surface area contributed by atoms with Crippen molar-refractivity contribution in [2.45, 2.75) is 24.5 Å². The van der Waals surface area contributed by atoms with Gasteiger partial charge in [-0.05, 0) is 44.5 Å². The number of alkyl halides is 1. The Hall–Kier alpha value is -3.29. The van der Waals surface area contributed by atoms with Crippen molar-refractivity contribution < 1.29 is 44.0 Å². The highest BCUT2D eigenvalue weighted by molar-refractivity contribution is 9.09. The molecule has 192 valence electrons. The number of Topliss-reactive ketones (excluding diaryl/α,β-unsaturated/α-hetero) is 2. The molecule has 1 aromatic carbocycles. The normalized spacial score (nSPS) is 27.6. The number of hydrogen-bond acceptors (Lipinski definition) is 9. The molecular formula is C23H23BrFN3O8. The molecule has 2 unspecified atom stereocenters. The number of likely N-dealkylation sites (N-methyl/N-ethyl adjacent to an activating group) is 1. The summed E-state index contributed by atoms with van der Waals surface area (Å²) in [4.78, 5) is 51.9. The van der Waals surface area contributed by atoms with Gasteiger partial charge in [0.2, 0.25) is 11.7 Å². The highest BCUT2D eigenvalue weighted by atomic mass is 79.9. The number of phenolic OH excluding ortho intramolecular Hbond substituents is 1. The zero-order chi connectivity index (χ0) is 26.9. The maximum atomic E-state index is 14.7. The molecule has 3 aliphatic carbocycles. The van der Waals surface area contributed by atoms with E-state index in [9.17, 15) is 44.0 Å². The van der Waals surface area contributed by atoms with Crippen LogP contribution in [-0.4, -0.2) is 79.8 Å². The van der Waals surface area contributed by atoms with E-state index in [2.05, 4.69) is 21.2 Å². The van der Waals surface area contributed by atoms with Gasteiger partial charge in [-0.3, -0.25) is 24.1 Å². The number of primary amides is 1. The SMILES string of the molecule is CN(C)[C@@H]1C(O)=C(C(N)=O)C(=O)[C@@]2(O)C(O)=C3C(=O)c4c(cc(F)c(NC(=O)CBr)c4O)CC3CC12. The molecule has 7 N–H and O–H groups in total. The number of anilines is 1. The number of hydrogen-bond donors (Lipinski definition) is 6. The molecule has 2 amide bonds. The minimum atomic E-state index is -2.77. The zero-order valence-electron chi connectivity index (χ0n) is 19.1. The van der Waals surface area contributed by atoms with Crippen molar-refractivity contribution in [1.82, 2.24) is 4.90 Å². The van der Waals surface area contributed by atoms with E-state index in [4.69, 9.17) is 5.73 Å². The number of carbonyl (C=O) groups excluding carboxylic acids is 4. The molecule has 0 aliphatic heterocycles. The number of fused-ring (bicyclic) bond motifs is 3. The molecule has 0 saturated carbocycles. The molecule has 4 rings (SSSR count). The zero-order valence-corrected chi connectivity index (χ0v) is 20.7. The summed E-state index contributed by atoms with van der Waals surface area (Å²) in [6, 6.07) is -0.133. The summed E-state index contributed by atoms with van der Waals surface area (Å²) in [5.41, 5.74) is 0.283. The number of aromatic hydroxyl groups is 1. The molecule has 11 nitrogen and oxygen atoms in total. The largest absolute Gasteiger partial charge is 0.510 e. The highest BCUT2D eigenvalue weighted by Crippen LogP contribution is 2.52. The lowest BCUT2D eigenvalue weighted by atomic mass is 9.58. The molecule has 0 aromatic heterocycles. The Kier molecular flexibility index (Phi) is 6.22. The number of aliphatic hydroxyl groups is 3. The number of nitrogens with one attached hydrogen (secondary N) is 1. The summed E-state index contributed by atoms with van der Waals surface area (Å²) in [5, 5.41) is 46.0. The summed E-state index contributed by atoms with van der Waals surface area (Å²) in [5.74, 6) is -9.92. The van der Waals surface area contributed by atoms with Gasteiger partial charge in [-0.1, -0.05) is 15.9 Å². The van der Waals surface area contributed by atoms with Gasteiger partial charge >= 0.3 is 0 Å². The van der Waals surface area contributed by atoms with E-state index in [0.717, 1.165) is 6.07 Å². The molecule has 0 saturated heterocycles. The van der Waals surface area contributed by atoms with E-state index in [1.165, 1.54) is 19.0 Å². The maximum Gasteiger partial charge on any atom is 0.255 e. The molecule has 1 aromatic rings. The lowest BCUT2D eigenvalue weighted by Gasteiger charge is -2.50. The molecule has 0 spiro atoms. The molecule has 0 bridgehead atoms. The van der Waals surface area contributed by atoms with Crippen molar-refractivity contribution in [3.63, 3.8) is 0 Å². The molecule has 0 fully saturated rings. The van der Waals surface area contributed by atoms with Crippen molar-refractivity contribution >= 4 is 45.0 Å². The fourth-order valence-electron chi connectivity index (χ4n) is 5.56. The number of halogens is 2. The molecular weight excluding hydrogens is 545 g/mol. The Morgan fingerprint density at radius 1 is 1.28 bits per heavy atom. The number of allylic oxidation sites excluding steroid dienone is 1. The van der Waals surface area contributed by atoms with E-state index in [1.807, 2.05) is 0 Å². The molecule has 13 heteroatoms. The van der Waals surface area contributed by atoms with Crippen LogP contribution in [0.4, 0.5) is 10.1 Å². The topological polar surface area (TPSA) is 190 Å². The average Bonchev–Trinajstić information content (AvgIpc) is 2.78. The van der Waals surface area contributed by atoms with Crippen molar-refractivity contribution in [2.75, 3.05) is 24.7 Å². The van der Waals surface area contributed by atoms with Gasteiger partial charge in [0.05, 0.1) is 16.9 Å². The van der Waals surface area contributed by atoms with Crippen LogP contribution in [0.25, 0.3) is 0 Å². The first-order valence-corrected chi connectivity index (χ1v) is 11.9. The molecule has 4 atom stereocenters. The van der Waals surface area contributed by atoms with Crippen LogP contribution in [0.5, 0.6) is 5.75 Å². The minimum absolute atomic E-state index is 0.0638. The van der Waals surface area contributed by atoms with Crippen molar-refractivity contribution in [3.8, 4) is 5.75 Å². The van der Waals surface area contributed by atoms with Crippen LogP contribution in [-0.2, 0) is 20.8 Å². The predicted octanol–water partition coefficient (Wildman–Crippen LogP) is 0.593. The van der Waals surface area contributed by atoms with Crippen LogP contribution < -0.4 is 11.1 Å². The van der Waals surface area contributed by atoms with Crippen LogP contribution in [0.1, 0.15) is 22.3 Å². The second-order valence-corrected chi connectivity index (χ2v) is 9.82. The lowest BCUT2D eigenvalue weighted by molar-refractivity contribution is -0.148. The van der Waals surface area contributed by atoms with Crippen LogP contribution in [0.3, 0.4) is 0 Å². The average molecular weight is 568 g/mol. The Morgan fingerprint density at radius 3 is 2.47 bits per heavy atom. The Labute approximate surface area is 212 Å². The number of aliphatic hydroxyl groups excluding tert-OH is 2. The summed E-state index contributed by atoms with van der Waals surface area (Å²) >= 11 is 2.90. The Morgan fingerprint density at radius 2 is 1.92 bits per heavy atom. The third-order valence-electron chi connectivity index (χ3n) is 7.05. The van der Waals surface area contributed by atoms with Crippen molar-refractivity contribution in [3.05, 3.63) is 45.7 Å². The van der Waals surface area contributed by atoms with Gasteiger partial charge in [0, 0.05) is 11.5 Å². The van der Waals surface area contributed by atoms with Crippen LogP contribution >= 0.6 is 15.9 Å². The number of rotatable bonds is 4. The van der Waals surface area contributed by atoms with Gasteiger partial charge in [-0.2, -0.15) is 0 Å². The van der Waals surface area contributed by atoms with Crippen molar-refractivity contribution in [1.29, 1.82) is 0 Å². The second-order valence-electron chi connectivity index (χ2n) is 9.26. The number of carbonyl (C=O) groups is 4. The van der Waals surface area contributed by atoms with Gasteiger partial charge in [-0.25, -0.2) is 4.39 Å². The van der Waals surface area contributed by atoms with E-state index >= 15 is 0 Å². The predicted molar refractivity (Wildman–Crippen MR) is 126 cm³/mol. The number of phenols is 1. The standard InChI is InChI=1S/C23H23BrFN3O8/c1-28(2)16-9-4-7-3-8-5-10(25)15(27-11(29)6-24)18(31)12(8)17(30)13(7)20(33)23(9,36)21(34)14(19(16)32)22(26)35/h5,7,9,16,31-33,36H,3-4,6H2,1-2H3,(H2,26,35)(H,27,29)/t7?,9?,16-,23-/m0/s1. The van der Waals surface area contributed by atoms with Gasteiger partial charge in [0.1, 0.15) is 22.8 Å². The van der Waals surface area contributed by atoms with E-state index in [1.54, 1.807) is 0 Å². The van der Waals surface area contributed by atoms with Gasteiger partial charge < -0.3 is 31.5 Å². The van der Waals surface area contributed by atoms with E-state index in [-0.39, 0.29) is 23.7 Å². The second kappa shape index (κ2) is 8.68. The maximum absolute atomic E-state index is 14.7. The summed E-state index contributed by atoms with van der Waals surface area (Å²) in [6.45, 7) is 0. The van der Waals surface area contributed by atoms with Crippen molar-refractivity contribution in [2.24, 2.45) is 17.6 Å². The number of benzene rings is 1. The fraction of sp³-hybridized carbons (Fsp3) is 0.391. The molecule has 36 heavy (non-hydrogen) atoms. The van der Waals surface area contributed by atoms with Crippen LogP contribution in [0.15, 0.2) is 28.7 Å². The Balaban J connectivity index is 1.93. The van der Waals surface area contributed by atoms with Gasteiger partial charge in [0.25, 0.3) is 5.91 Å². The van der Waals surface area contributed by atoms with Gasteiger partial charge in [-0.15, -0.1) is 0 Å². The number of nitrogens with zero attached hydrogens (tertiary/aromatic N) is 1. The summed E-state index contributed by atoms with van der Waals surface area (Å²) < 4.78 is 14.7. The molecule has 0 radical (unpaired) electrons. The van der Waals surface area contributed by atoms with Crippen LogP contribution in [0.2, 0.25) is 0 Å². The molecule has 3 aliphatic rings. The lowest BCUT2D eigenvalue weighted by Crippen LogP contribution is -2.63. The third-order valence-corrected chi connectivity index (χ3v) is 7.56. The first kappa shape index (κ1) is 25.8. The molecule has 0 heterocycles. The monoisotopic (exact) mass is 567 g/mol. The summed E-state index contributed by atoms with van der Waals surface area (Å²) in [7, 11) is 3.03. The minimum Gasteiger partial charge on any atom is -0.510 e. The highest BCUT2D eigenvalue weighted by Gasteiger charge is 2.63. The van der Waals surface area contributed by atoms with E-state index < -0.39 is 92.3 Å².